The molecule has 5 rings (SSSR count). The van der Waals surface area contributed by atoms with Gasteiger partial charge in [0.05, 0.1) is 11.7 Å². The van der Waals surface area contributed by atoms with Crippen LogP contribution >= 0.6 is 0 Å². The molecule has 5 fully saturated rings. The Morgan fingerprint density at radius 2 is 1.54 bits per heavy atom. The number of hydrogen-bond acceptors (Lipinski definition) is 2. The fourth-order valence-electron chi connectivity index (χ4n) is 9.06. The largest absolute Gasteiger partial charge is 0.393 e. The van der Waals surface area contributed by atoms with Crippen LogP contribution in [0.1, 0.15) is 110 Å². The summed E-state index contributed by atoms with van der Waals surface area (Å²) in [6.07, 6.45) is 19.2. The van der Waals surface area contributed by atoms with Crippen molar-refractivity contribution in [2.75, 3.05) is 0 Å². The van der Waals surface area contributed by atoms with E-state index in [1.165, 1.54) is 64.2 Å². The molecule has 0 radical (unpaired) electrons. The van der Waals surface area contributed by atoms with Gasteiger partial charge < -0.3 is 10.2 Å². The van der Waals surface area contributed by atoms with E-state index in [-0.39, 0.29) is 11.7 Å². The summed E-state index contributed by atoms with van der Waals surface area (Å²) < 4.78 is 0. The topological polar surface area (TPSA) is 40.5 Å². The maximum absolute atomic E-state index is 10.2. The standard InChI is InChI=1S/C26H44O2/c1-24-14-11-23-21(8-6-19-17-20(27)10-13-25(19,23)2)22(24)9-7-18(24)5-3-4-12-26(28)15-16-26/h18-23,27-28H,3-17H2,1-2H3/t18-,19?,20?,21?,22?,23?,24?,25?/m0/s1. The van der Waals surface area contributed by atoms with Crippen molar-refractivity contribution in [2.45, 2.75) is 122 Å². The third kappa shape index (κ3) is 3.20. The zero-order chi connectivity index (χ0) is 19.6. The third-order valence-corrected chi connectivity index (χ3v) is 11.1. The number of aliphatic hydroxyl groups is 2. The minimum Gasteiger partial charge on any atom is -0.393 e. The van der Waals surface area contributed by atoms with Gasteiger partial charge in [0.25, 0.3) is 0 Å². The van der Waals surface area contributed by atoms with Crippen LogP contribution in [0.4, 0.5) is 0 Å². The highest BCUT2D eigenvalue weighted by Gasteiger charge is 2.59. The second-order valence-electron chi connectivity index (χ2n) is 12.4. The van der Waals surface area contributed by atoms with E-state index < -0.39 is 0 Å². The van der Waals surface area contributed by atoms with Crippen LogP contribution in [0.2, 0.25) is 0 Å². The number of fused-ring (bicyclic) bond motifs is 5. The predicted molar refractivity (Wildman–Crippen MR) is 114 cm³/mol. The fourth-order valence-corrected chi connectivity index (χ4v) is 9.06. The fraction of sp³-hybridized carbons (Fsp3) is 1.00. The van der Waals surface area contributed by atoms with Gasteiger partial charge in [-0.2, -0.15) is 0 Å². The lowest BCUT2D eigenvalue weighted by Crippen LogP contribution is -2.53. The summed E-state index contributed by atoms with van der Waals surface area (Å²) in [5, 5.41) is 20.3. The predicted octanol–water partition coefficient (Wildman–Crippen LogP) is 6.09. The minimum absolute atomic E-state index is 0.0203. The molecule has 0 heterocycles. The maximum Gasteiger partial charge on any atom is 0.0650 e. The lowest BCUT2D eigenvalue weighted by Gasteiger charge is -2.61. The molecule has 0 aliphatic heterocycles. The Morgan fingerprint density at radius 1 is 0.786 bits per heavy atom. The van der Waals surface area contributed by atoms with Crippen LogP contribution in [-0.4, -0.2) is 21.9 Å². The molecule has 5 aliphatic rings. The smallest absolute Gasteiger partial charge is 0.0650 e. The van der Waals surface area contributed by atoms with Crippen molar-refractivity contribution in [1.82, 2.24) is 0 Å². The van der Waals surface area contributed by atoms with Gasteiger partial charge in [-0.1, -0.05) is 26.7 Å². The van der Waals surface area contributed by atoms with Gasteiger partial charge in [0, 0.05) is 0 Å². The number of hydrogen-bond donors (Lipinski definition) is 2. The van der Waals surface area contributed by atoms with E-state index >= 15 is 0 Å². The van der Waals surface area contributed by atoms with Crippen LogP contribution in [0.5, 0.6) is 0 Å². The molecule has 28 heavy (non-hydrogen) atoms. The van der Waals surface area contributed by atoms with Crippen LogP contribution in [0, 0.1) is 40.4 Å². The average molecular weight is 389 g/mol. The second-order valence-corrected chi connectivity index (χ2v) is 12.4. The molecule has 0 saturated heterocycles. The number of aliphatic hydroxyl groups excluding tert-OH is 1. The third-order valence-electron chi connectivity index (χ3n) is 11.1. The van der Waals surface area contributed by atoms with Gasteiger partial charge in [-0.05, 0) is 124 Å². The molecule has 8 atom stereocenters. The molecular formula is C26H44O2. The zero-order valence-electron chi connectivity index (χ0n) is 18.5. The molecule has 5 saturated carbocycles. The normalized spacial score (nSPS) is 51.9. The monoisotopic (exact) mass is 388 g/mol. The van der Waals surface area contributed by atoms with Gasteiger partial charge in [0.1, 0.15) is 0 Å². The van der Waals surface area contributed by atoms with Crippen molar-refractivity contribution >= 4 is 0 Å². The van der Waals surface area contributed by atoms with Crippen molar-refractivity contribution in [1.29, 1.82) is 0 Å². The molecule has 0 aromatic carbocycles. The van der Waals surface area contributed by atoms with Gasteiger partial charge >= 0.3 is 0 Å². The first-order chi connectivity index (χ1) is 13.3. The first kappa shape index (κ1) is 19.9. The first-order valence-electron chi connectivity index (χ1n) is 12.7. The summed E-state index contributed by atoms with van der Waals surface area (Å²) >= 11 is 0. The molecule has 0 amide bonds. The molecule has 5 aliphatic carbocycles. The van der Waals surface area contributed by atoms with Crippen molar-refractivity contribution in [3.8, 4) is 0 Å². The summed E-state index contributed by atoms with van der Waals surface area (Å²) in [5.74, 6) is 4.58. The van der Waals surface area contributed by atoms with Crippen molar-refractivity contribution in [2.24, 2.45) is 40.4 Å². The highest BCUT2D eigenvalue weighted by Crippen LogP contribution is 2.67. The van der Waals surface area contributed by atoms with E-state index in [1.807, 2.05) is 0 Å². The summed E-state index contributed by atoms with van der Waals surface area (Å²) in [4.78, 5) is 0. The zero-order valence-corrected chi connectivity index (χ0v) is 18.5. The van der Waals surface area contributed by atoms with Crippen molar-refractivity contribution < 1.29 is 10.2 Å². The molecule has 2 nitrogen and oxygen atoms in total. The Balaban J connectivity index is 1.23. The Hall–Kier alpha value is -0.0800. The summed E-state index contributed by atoms with van der Waals surface area (Å²) in [5.41, 5.74) is 0.859. The minimum atomic E-state index is -0.248. The van der Waals surface area contributed by atoms with Gasteiger partial charge in [-0.25, -0.2) is 0 Å². The second kappa shape index (κ2) is 6.98. The van der Waals surface area contributed by atoms with Crippen LogP contribution < -0.4 is 0 Å². The van der Waals surface area contributed by atoms with E-state index in [1.54, 1.807) is 0 Å². The molecule has 0 spiro atoms. The summed E-state index contributed by atoms with van der Waals surface area (Å²) in [7, 11) is 0. The van der Waals surface area contributed by atoms with Crippen molar-refractivity contribution in [3.63, 3.8) is 0 Å². The Bertz CT molecular complexity index is 583. The molecule has 2 N–H and O–H groups in total. The van der Waals surface area contributed by atoms with Crippen molar-refractivity contribution in [3.05, 3.63) is 0 Å². The lowest BCUT2D eigenvalue weighted by molar-refractivity contribution is -0.127. The van der Waals surface area contributed by atoms with E-state index in [0.717, 1.165) is 61.7 Å². The molecular weight excluding hydrogens is 344 g/mol. The van der Waals surface area contributed by atoms with Crippen LogP contribution in [0.15, 0.2) is 0 Å². The van der Waals surface area contributed by atoms with Crippen LogP contribution in [0.25, 0.3) is 0 Å². The molecule has 0 aromatic heterocycles. The molecule has 0 bridgehead atoms. The Kier molecular flexibility index (Phi) is 4.95. The summed E-state index contributed by atoms with van der Waals surface area (Å²) in [6.45, 7) is 5.27. The highest BCUT2D eigenvalue weighted by atomic mass is 16.3. The summed E-state index contributed by atoms with van der Waals surface area (Å²) in [6, 6.07) is 0. The Labute approximate surface area is 172 Å². The van der Waals surface area contributed by atoms with Gasteiger partial charge in [-0.15, -0.1) is 0 Å². The van der Waals surface area contributed by atoms with E-state index in [4.69, 9.17) is 0 Å². The van der Waals surface area contributed by atoms with Gasteiger partial charge in [0.15, 0.2) is 0 Å². The van der Waals surface area contributed by atoms with Gasteiger partial charge in [0.2, 0.25) is 0 Å². The molecule has 0 aromatic rings. The number of rotatable bonds is 5. The molecule has 7 unspecified atom stereocenters. The maximum atomic E-state index is 10.2. The lowest BCUT2D eigenvalue weighted by atomic mass is 9.44. The van der Waals surface area contributed by atoms with E-state index in [2.05, 4.69) is 13.8 Å². The first-order valence-corrected chi connectivity index (χ1v) is 12.7. The van der Waals surface area contributed by atoms with E-state index in [0.29, 0.717) is 10.8 Å². The van der Waals surface area contributed by atoms with Gasteiger partial charge in [-0.3, -0.25) is 0 Å². The number of unbranched alkanes of at least 4 members (excludes halogenated alkanes) is 1. The van der Waals surface area contributed by atoms with E-state index in [9.17, 15) is 10.2 Å². The average Bonchev–Trinajstić information content (AvgIpc) is 3.30. The quantitative estimate of drug-likeness (QED) is 0.559. The van der Waals surface area contributed by atoms with Crippen LogP contribution in [0.3, 0.4) is 0 Å². The highest BCUT2D eigenvalue weighted by molar-refractivity contribution is 5.09. The Morgan fingerprint density at radius 3 is 2.32 bits per heavy atom. The molecule has 160 valence electrons. The van der Waals surface area contributed by atoms with Crippen LogP contribution in [-0.2, 0) is 0 Å². The molecule has 2 heteroatoms. The SMILES string of the molecule is CC12CCC(O)CC1CCC1C2CCC2(C)C1CC[C@@H]2CCCCC1(O)CC1.